The van der Waals surface area contributed by atoms with Gasteiger partial charge in [-0.15, -0.1) is 0 Å². The fraction of sp³-hybridized carbons (Fsp3) is 0.857. The molecule has 2 N–H and O–H groups in total. The molecule has 5 heteroatoms. The monoisotopic (exact) mass is 269 g/mol. The van der Waals surface area contributed by atoms with Crippen LogP contribution in [0.5, 0.6) is 0 Å². The topological polar surface area (TPSA) is 75.6 Å². The van der Waals surface area contributed by atoms with Crippen molar-refractivity contribution in [2.24, 2.45) is 5.92 Å². The first-order chi connectivity index (χ1) is 9.15. The van der Waals surface area contributed by atoms with Crippen LogP contribution in [0.4, 0.5) is 0 Å². The number of carboxylic acids is 1. The van der Waals surface area contributed by atoms with Gasteiger partial charge in [0.2, 0.25) is 5.91 Å². The Morgan fingerprint density at radius 3 is 2.47 bits per heavy atom. The summed E-state index contributed by atoms with van der Waals surface area (Å²) in [6.45, 7) is 0.440. The van der Waals surface area contributed by atoms with E-state index >= 15 is 0 Å². The molecule has 0 aromatic heterocycles. The number of carbonyl (C=O) groups is 2. The third-order valence-electron chi connectivity index (χ3n) is 4.11. The minimum absolute atomic E-state index is 0.0780. The third kappa shape index (κ3) is 4.49. The number of carboxylic acid groups (broad SMARTS) is 1. The van der Waals surface area contributed by atoms with Crippen LogP contribution in [-0.2, 0) is 14.3 Å². The van der Waals surface area contributed by atoms with Crippen molar-refractivity contribution in [3.05, 3.63) is 0 Å². The molecule has 0 radical (unpaired) electrons. The molecule has 0 spiro atoms. The van der Waals surface area contributed by atoms with Crippen molar-refractivity contribution >= 4 is 11.9 Å². The Hall–Kier alpha value is -1.10. The molecular weight excluding hydrogens is 246 g/mol. The predicted octanol–water partition coefficient (Wildman–Crippen LogP) is 1.71. The van der Waals surface area contributed by atoms with Gasteiger partial charge in [-0.25, -0.2) is 4.79 Å². The van der Waals surface area contributed by atoms with Gasteiger partial charge in [-0.2, -0.15) is 0 Å². The highest BCUT2D eigenvalue weighted by molar-refractivity contribution is 5.76. The quantitative estimate of drug-likeness (QED) is 0.796. The van der Waals surface area contributed by atoms with E-state index in [1.54, 1.807) is 0 Å². The molecule has 2 aliphatic rings. The summed E-state index contributed by atoms with van der Waals surface area (Å²) < 4.78 is 5.35. The fourth-order valence-corrected chi connectivity index (χ4v) is 2.99. The summed E-state index contributed by atoms with van der Waals surface area (Å²) >= 11 is 0. The van der Waals surface area contributed by atoms with E-state index in [9.17, 15) is 9.59 Å². The molecule has 2 rings (SSSR count). The maximum absolute atomic E-state index is 11.8. The smallest absolute Gasteiger partial charge is 0.332 e. The zero-order valence-corrected chi connectivity index (χ0v) is 11.3. The lowest BCUT2D eigenvalue weighted by Crippen LogP contribution is -2.34. The van der Waals surface area contributed by atoms with Crippen molar-refractivity contribution in [1.82, 2.24) is 5.32 Å². The lowest BCUT2D eigenvalue weighted by Gasteiger charge is -2.21. The molecule has 1 aliphatic heterocycles. The van der Waals surface area contributed by atoms with Crippen LogP contribution in [0.15, 0.2) is 0 Å². The first kappa shape index (κ1) is 14.3. The van der Waals surface area contributed by atoms with Gasteiger partial charge in [-0.05, 0) is 31.6 Å². The van der Waals surface area contributed by atoms with E-state index in [2.05, 4.69) is 5.32 Å². The second kappa shape index (κ2) is 6.89. The van der Waals surface area contributed by atoms with Crippen LogP contribution in [0.1, 0.15) is 51.4 Å². The Morgan fingerprint density at radius 1 is 1.11 bits per heavy atom. The van der Waals surface area contributed by atoms with E-state index < -0.39 is 12.1 Å². The first-order valence-corrected chi connectivity index (χ1v) is 7.30. The molecule has 1 saturated carbocycles. The number of rotatable bonds is 5. The molecule has 5 nitrogen and oxygen atoms in total. The summed E-state index contributed by atoms with van der Waals surface area (Å²) in [7, 11) is 0. The minimum Gasteiger partial charge on any atom is -0.479 e. The molecule has 2 atom stereocenters. The van der Waals surface area contributed by atoms with Crippen LogP contribution in [0.3, 0.4) is 0 Å². The molecule has 0 aromatic rings. The van der Waals surface area contributed by atoms with Crippen molar-refractivity contribution in [3.63, 3.8) is 0 Å². The van der Waals surface area contributed by atoms with Crippen LogP contribution < -0.4 is 5.32 Å². The van der Waals surface area contributed by atoms with Gasteiger partial charge in [0.05, 0.1) is 6.10 Å². The summed E-state index contributed by atoms with van der Waals surface area (Å²) in [6.07, 6.45) is 7.12. The number of carbonyl (C=O) groups excluding carboxylic acids is 1. The summed E-state index contributed by atoms with van der Waals surface area (Å²) in [5.74, 6) is -0.296. The molecule has 1 saturated heterocycles. The normalized spacial score (nSPS) is 28.2. The van der Waals surface area contributed by atoms with Gasteiger partial charge in [0.1, 0.15) is 0 Å². The van der Waals surface area contributed by atoms with Gasteiger partial charge in [0, 0.05) is 13.0 Å². The van der Waals surface area contributed by atoms with Crippen LogP contribution in [0, 0.1) is 5.92 Å². The van der Waals surface area contributed by atoms with E-state index in [1.807, 2.05) is 0 Å². The van der Waals surface area contributed by atoms with Gasteiger partial charge < -0.3 is 15.2 Å². The molecule has 19 heavy (non-hydrogen) atoms. The molecular formula is C14H23NO4. The predicted molar refractivity (Wildman–Crippen MR) is 69.7 cm³/mol. The van der Waals surface area contributed by atoms with E-state index in [0.717, 1.165) is 12.8 Å². The number of hydrogen-bond donors (Lipinski definition) is 2. The standard InChI is InChI=1S/C14H23NO4/c16-13(8-10-4-2-1-3-5-10)15-9-11-6-7-12(19-11)14(17)18/h10-12H,1-9H2,(H,15,16)(H,17,18). The van der Waals surface area contributed by atoms with E-state index in [-0.39, 0.29) is 12.0 Å². The Labute approximate surface area is 113 Å². The van der Waals surface area contributed by atoms with Crippen molar-refractivity contribution in [2.75, 3.05) is 6.54 Å². The zero-order chi connectivity index (χ0) is 13.7. The van der Waals surface area contributed by atoms with E-state index in [1.165, 1.54) is 19.3 Å². The molecule has 1 amide bonds. The first-order valence-electron chi connectivity index (χ1n) is 7.30. The van der Waals surface area contributed by atoms with Gasteiger partial charge in [0.25, 0.3) is 0 Å². The number of aliphatic carboxylic acids is 1. The average molecular weight is 269 g/mol. The van der Waals surface area contributed by atoms with E-state index in [0.29, 0.717) is 31.7 Å². The molecule has 1 heterocycles. The largest absolute Gasteiger partial charge is 0.479 e. The van der Waals surface area contributed by atoms with Gasteiger partial charge in [-0.1, -0.05) is 19.3 Å². The summed E-state index contributed by atoms with van der Waals surface area (Å²) in [5.41, 5.74) is 0. The van der Waals surface area contributed by atoms with Gasteiger partial charge in [0.15, 0.2) is 6.10 Å². The maximum atomic E-state index is 11.8. The molecule has 1 aliphatic carbocycles. The summed E-state index contributed by atoms with van der Waals surface area (Å²) in [6, 6.07) is 0. The summed E-state index contributed by atoms with van der Waals surface area (Å²) in [4.78, 5) is 22.5. The molecule has 2 fully saturated rings. The highest BCUT2D eigenvalue weighted by atomic mass is 16.5. The Bertz CT molecular complexity index is 325. The average Bonchev–Trinajstić information content (AvgIpc) is 2.86. The highest BCUT2D eigenvalue weighted by Gasteiger charge is 2.30. The zero-order valence-electron chi connectivity index (χ0n) is 11.3. The lowest BCUT2D eigenvalue weighted by molar-refractivity contribution is -0.149. The second-order valence-electron chi connectivity index (χ2n) is 5.67. The lowest BCUT2D eigenvalue weighted by atomic mass is 9.87. The second-order valence-corrected chi connectivity index (χ2v) is 5.67. The highest BCUT2D eigenvalue weighted by Crippen LogP contribution is 2.26. The van der Waals surface area contributed by atoms with E-state index in [4.69, 9.17) is 9.84 Å². The van der Waals surface area contributed by atoms with Gasteiger partial charge >= 0.3 is 5.97 Å². The SMILES string of the molecule is O=C(CC1CCCCC1)NCC1CCC(C(=O)O)O1. The molecule has 2 unspecified atom stereocenters. The van der Waals surface area contributed by atoms with Gasteiger partial charge in [-0.3, -0.25) is 4.79 Å². The number of hydrogen-bond acceptors (Lipinski definition) is 3. The van der Waals surface area contributed by atoms with Crippen molar-refractivity contribution < 1.29 is 19.4 Å². The Morgan fingerprint density at radius 2 is 1.84 bits per heavy atom. The molecule has 0 aromatic carbocycles. The van der Waals surface area contributed by atoms with Crippen molar-refractivity contribution in [1.29, 1.82) is 0 Å². The Balaban J connectivity index is 1.62. The molecule has 0 bridgehead atoms. The summed E-state index contributed by atoms with van der Waals surface area (Å²) in [5, 5.41) is 11.7. The Kier molecular flexibility index (Phi) is 5.19. The maximum Gasteiger partial charge on any atom is 0.332 e. The number of amides is 1. The van der Waals surface area contributed by atoms with Crippen LogP contribution in [0.25, 0.3) is 0 Å². The van der Waals surface area contributed by atoms with Crippen LogP contribution in [0.2, 0.25) is 0 Å². The third-order valence-corrected chi connectivity index (χ3v) is 4.11. The molecule has 108 valence electrons. The van der Waals surface area contributed by atoms with Crippen molar-refractivity contribution in [3.8, 4) is 0 Å². The minimum atomic E-state index is -0.906. The van der Waals surface area contributed by atoms with Crippen LogP contribution >= 0.6 is 0 Å². The number of ether oxygens (including phenoxy) is 1. The number of nitrogens with one attached hydrogen (secondary N) is 1. The van der Waals surface area contributed by atoms with Crippen molar-refractivity contribution in [2.45, 2.75) is 63.6 Å². The van der Waals surface area contributed by atoms with Crippen LogP contribution in [-0.4, -0.2) is 35.7 Å². The fourth-order valence-electron chi connectivity index (χ4n) is 2.99.